The van der Waals surface area contributed by atoms with Crippen LogP contribution in [0.25, 0.3) is 0 Å². The number of carboxylic acids is 1. The van der Waals surface area contributed by atoms with Crippen LogP contribution in [0.4, 0.5) is 11.4 Å². The normalized spacial score (nSPS) is 15.8. The number of benzene rings is 1. The van der Waals surface area contributed by atoms with Crippen molar-refractivity contribution in [1.82, 2.24) is 5.01 Å². The molecule has 1 aliphatic heterocycles. The Morgan fingerprint density at radius 3 is 2.55 bits per heavy atom. The van der Waals surface area contributed by atoms with Gasteiger partial charge in [-0.3, -0.25) is 10.1 Å². The minimum atomic E-state index is -1.17. The Morgan fingerprint density at radius 2 is 2.00 bits per heavy atom. The molecule has 7 heteroatoms. The van der Waals surface area contributed by atoms with Crippen molar-refractivity contribution in [3.8, 4) is 0 Å². The number of hydrogen-bond acceptors (Lipinski definition) is 5. The van der Waals surface area contributed by atoms with Gasteiger partial charge in [0.1, 0.15) is 0 Å². The van der Waals surface area contributed by atoms with Gasteiger partial charge in [-0.15, -0.1) is 0 Å². The number of rotatable bonds is 4. The van der Waals surface area contributed by atoms with Crippen LogP contribution < -0.4 is 5.43 Å². The maximum Gasteiger partial charge on any atom is 0.336 e. The summed E-state index contributed by atoms with van der Waals surface area (Å²) in [6.45, 7) is 3.32. The maximum atomic E-state index is 11.1. The number of piperidine rings is 1. The zero-order valence-corrected chi connectivity index (χ0v) is 11.3. The van der Waals surface area contributed by atoms with Gasteiger partial charge in [0.2, 0.25) is 0 Å². The van der Waals surface area contributed by atoms with Gasteiger partial charge in [-0.1, -0.05) is 6.42 Å². The Hall–Kier alpha value is -2.15. The Morgan fingerprint density at radius 1 is 1.35 bits per heavy atom. The second-order valence-corrected chi connectivity index (χ2v) is 4.89. The molecule has 7 nitrogen and oxygen atoms in total. The van der Waals surface area contributed by atoms with E-state index in [1.165, 1.54) is 12.5 Å². The molecular weight excluding hydrogens is 262 g/mol. The molecule has 1 saturated heterocycles. The highest BCUT2D eigenvalue weighted by atomic mass is 16.6. The van der Waals surface area contributed by atoms with Crippen LogP contribution in [0.15, 0.2) is 12.1 Å². The minimum Gasteiger partial charge on any atom is -0.478 e. The van der Waals surface area contributed by atoms with Crippen LogP contribution in [0, 0.1) is 17.0 Å². The Balaban J connectivity index is 2.34. The summed E-state index contributed by atoms with van der Waals surface area (Å²) in [5, 5.41) is 22.0. The topological polar surface area (TPSA) is 95.7 Å². The third-order valence-electron chi connectivity index (χ3n) is 3.46. The highest BCUT2D eigenvalue weighted by molar-refractivity contribution is 5.90. The number of nitro groups is 1. The molecule has 1 aliphatic rings. The fraction of sp³-hybridized carbons (Fsp3) is 0.462. The molecule has 0 radical (unpaired) electrons. The Bertz CT molecular complexity index is 539. The Kier molecular flexibility index (Phi) is 4.19. The molecule has 2 rings (SSSR count). The second-order valence-electron chi connectivity index (χ2n) is 4.89. The molecule has 0 unspecified atom stereocenters. The van der Waals surface area contributed by atoms with Crippen molar-refractivity contribution >= 4 is 17.3 Å². The van der Waals surface area contributed by atoms with Gasteiger partial charge in [-0.2, -0.15) is 0 Å². The first-order valence-corrected chi connectivity index (χ1v) is 6.53. The molecule has 20 heavy (non-hydrogen) atoms. The van der Waals surface area contributed by atoms with Crippen molar-refractivity contribution in [2.75, 3.05) is 18.5 Å². The van der Waals surface area contributed by atoms with Gasteiger partial charge in [0.15, 0.2) is 0 Å². The summed E-state index contributed by atoms with van der Waals surface area (Å²) in [7, 11) is 0. The van der Waals surface area contributed by atoms with E-state index in [2.05, 4.69) is 5.43 Å². The number of aromatic carboxylic acids is 1. The van der Waals surface area contributed by atoms with Crippen LogP contribution in [-0.2, 0) is 0 Å². The van der Waals surface area contributed by atoms with Gasteiger partial charge in [-0.05, 0) is 25.8 Å². The predicted octanol–water partition coefficient (Wildman–Crippen LogP) is 2.41. The molecule has 0 aromatic heterocycles. The summed E-state index contributed by atoms with van der Waals surface area (Å²) >= 11 is 0. The minimum absolute atomic E-state index is 0.0817. The fourth-order valence-electron chi connectivity index (χ4n) is 2.30. The molecule has 108 valence electrons. The summed E-state index contributed by atoms with van der Waals surface area (Å²) in [6.07, 6.45) is 3.30. The first-order valence-electron chi connectivity index (χ1n) is 6.53. The number of carbonyl (C=O) groups is 1. The lowest BCUT2D eigenvalue weighted by Crippen LogP contribution is -2.35. The molecule has 0 atom stereocenters. The molecule has 1 fully saturated rings. The van der Waals surface area contributed by atoms with Crippen molar-refractivity contribution in [1.29, 1.82) is 0 Å². The third kappa shape index (κ3) is 3.05. The van der Waals surface area contributed by atoms with Gasteiger partial charge in [0.25, 0.3) is 5.69 Å². The largest absolute Gasteiger partial charge is 0.478 e. The molecule has 1 heterocycles. The Labute approximate surface area is 116 Å². The van der Waals surface area contributed by atoms with Crippen LogP contribution in [-0.4, -0.2) is 34.1 Å². The zero-order chi connectivity index (χ0) is 14.7. The highest BCUT2D eigenvalue weighted by Crippen LogP contribution is 2.28. The number of hydrogen-bond donors (Lipinski definition) is 2. The molecule has 2 N–H and O–H groups in total. The number of anilines is 1. The smallest absolute Gasteiger partial charge is 0.336 e. The van der Waals surface area contributed by atoms with Gasteiger partial charge >= 0.3 is 5.97 Å². The average Bonchev–Trinajstić information content (AvgIpc) is 2.41. The number of nitrogens with one attached hydrogen (secondary N) is 1. The zero-order valence-electron chi connectivity index (χ0n) is 11.3. The number of nitro benzene ring substituents is 1. The van der Waals surface area contributed by atoms with E-state index in [-0.39, 0.29) is 11.3 Å². The lowest BCUT2D eigenvalue weighted by Gasteiger charge is -2.28. The van der Waals surface area contributed by atoms with Crippen LogP contribution in [0.1, 0.15) is 35.2 Å². The summed E-state index contributed by atoms with van der Waals surface area (Å²) in [6, 6.07) is 2.54. The van der Waals surface area contributed by atoms with E-state index in [1.54, 1.807) is 6.92 Å². The van der Waals surface area contributed by atoms with Crippen LogP contribution in [0.2, 0.25) is 0 Å². The van der Waals surface area contributed by atoms with Crippen LogP contribution in [0.3, 0.4) is 0 Å². The lowest BCUT2D eigenvalue weighted by atomic mass is 10.1. The standard InChI is InChI=1S/C13H17N3O4/c1-9-11(14-15-5-3-2-4-6-15)7-10(13(17)18)8-12(9)16(19)20/h7-8,14H,2-6H2,1H3,(H,17,18). The molecule has 0 saturated carbocycles. The van der Waals surface area contributed by atoms with Gasteiger partial charge in [-0.25, -0.2) is 9.80 Å². The fourth-order valence-corrected chi connectivity index (χ4v) is 2.30. The van der Waals surface area contributed by atoms with Crippen molar-refractivity contribution in [2.45, 2.75) is 26.2 Å². The molecule has 0 amide bonds. The molecule has 0 aliphatic carbocycles. The van der Waals surface area contributed by atoms with E-state index in [4.69, 9.17) is 5.11 Å². The molecule has 0 bridgehead atoms. The number of hydrazine groups is 1. The average molecular weight is 279 g/mol. The summed E-state index contributed by atoms with van der Waals surface area (Å²) in [5.74, 6) is -1.17. The lowest BCUT2D eigenvalue weighted by molar-refractivity contribution is -0.385. The highest BCUT2D eigenvalue weighted by Gasteiger charge is 2.20. The summed E-state index contributed by atoms with van der Waals surface area (Å²) in [4.78, 5) is 21.5. The number of carboxylic acid groups (broad SMARTS) is 1. The summed E-state index contributed by atoms with van der Waals surface area (Å²) in [5.41, 5.74) is 3.78. The number of nitrogens with zero attached hydrogens (tertiary/aromatic N) is 2. The van der Waals surface area contributed by atoms with Crippen molar-refractivity contribution in [3.63, 3.8) is 0 Å². The molecular formula is C13H17N3O4. The first-order chi connectivity index (χ1) is 9.49. The summed E-state index contributed by atoms with van der Waals surface area (Å²) < 4.78 is 0. The van der Waals surface area contributed by atoms with Crippen molar-refractivity contribution < 1.29 is 14.8 Å². The van der Waals surface area contributed by atoms with Gasteiger partial charge in [0.05, 0.1) is 21.7 Å². The van der Waals surface area contributed by atoms with E-state index in [1.807, 2.05) is 5.01 Å². The van der Waals surface area contributed by atoms with E-state index >= 15 is 0 Å². The SMILES string of the molecule is Cc1c(NN2CCCCC2)cc(C(=O)O)cc1[N+](=O)[O-]. The third-order valence-corrected chi connectivity index (χ3v) is 3.46. The second kappa shape index (κ2) is 5.87. The molecule has 1 aromatic rings. The van der Waals surface area contributed by atoms with Crippen molar-refractivity contribution in [3.05, 3.63) is 33.4 Å². The maximum absolute atomic E-state index is 11.1. The molecule has 1 aromatic carbocycles. The first kappa shape index (κ1) is 14.3. The van der Waals surface area contributed by atoms with Gasteiger partial charge in [0, 0.05) is 19.2 Å². The molecule has 0 spiro atoms. The predicted molar refractivity (Wildman–Crippen MR) is 73.8 cm³/mol. The van der Waals surface area contributed by atoms with Crippen LogP contribution >= 0.6 is 0 Å². The van der Waals surface area contributed by atoms with Gasteiger partial charge < -0.3 is 10.5 Å². The van der Waals surface area contributed by atoms with E-state index in [9.17, 15) is 14.9 Å². The van der Waals surface area contributed by atoms with E-state index in [0.29, 0.717) is 11.3 Å². The quantitative estimate of drug-likeness (QED) is 0.649. The van der Waals surface area contributed by atoms with Crippen LogP contribution in [0.5, 0.6) is 0 Å². The van der Waals surface area contributed by atoms with E-state index in [0.717, 1.165) is 32.0 Å². The monoisotopic (exact) mass is 279 g/mol. The van der Waals surface area contributed by atoms with E-state index < -0.39 is 10.9 Å². The van der Waals surface area contributed by atoms with Crippen molar-refractivity contribution in [2.24, 2.45) is 0 Å².